The van der Waals surface area contributed by atoms with Crippen LogP contribution in [-0.2, 0) is 4.79 Å². The van der Waals surface area contributed by atoms with Gasteiger partial charge in [-0.2, -0.15) is 0 Å². The highest BCUT2D eigenvalue weighted by Gasteiger charge is 2.32. The Bertz CT molecular complexity index is 1030. The molecule has 3 rings (SSSR count). The van der Waals surface area contributed by atoms with E-state index in [4.69, 9.17) is 0 Å². The number of nitrogens with zero attached hydrogens (tertiary/aromatic N) is 2. The molecule has 1 aromatic carbocycles. The fraction of sp³-hybridized carbons (Fsp3) is 0.531. The van der Waals surface area contributed by atoms with Gasteiger partial charge in [0.25, 0.3) is 0 Å². The normalized spacial score (nSPS) is 22.2. The van der Waals surface area contributed by atoms with Crippen molar-refractivity contribution in [1.82, 2.24) is 15.1 Å². The molecule has 1 saturated heterocycles. The lowest BCUT2D eigenvalue weighted by atomic mass is 9.91. The van der Waals surface area contributed by atoms with Crippen molar-refractivity contribution in [2.75, 3.05) is 20.6 Å². The third-order valence-corrected chi connectivity index (χ3v) is 7.30. The zero-order chi connectivity index (χ0) is 27.0. The summed E-state index contributed by atoms with van der Waals surface area (Å²) in [6.07, 6.45) is 12.3. The minimum atomic E-state index is 0.190. The van der Waals surface area contributed by atoms with Gasteiger partial charge in [-0.3, -0.25) is 4.79 Å². The molecular weight excluding hydrogens is 442 g/mol. The minimum absolute atomic E-state index is 0.190. The Hall–Kier alpha value is -2.59. The molecule has 1 amide bonds. The molecule has 0 aliphatic carbocycles. The minimum Gasteiger partial charge on any atom is -0.340 e. The third kappa shape index (κ3) is 7.70. The summed E-state index contributed by atoms with van der Waals surface area (Å²) in [4.78, 5) is 16.6. The number of carbonyl (C=O) groups is 1. The topological polar surface area (TPSA) is 35.6 Å². The Kier molecular flexibility index (Phi) is 11.2. The number of allylic oxidation sites excluding steroid dienone is 6. The van der Waals surface area contributed by atoms with Crippen LogP contribution in [0.2, 0.25) is 0 Å². The predicted octanol–water partition coefficient (Wildman–Crippen LogP) is 7.22. The molecule has 0 bridgehead atoms. The van der Waals surface area contributed by atoms with E-state index in [1.54, 1.807) is 6.92 Å². The molecule has 2 heterocycles. The highest BCUT2D eigenvalue weighted by atomic mass is 16.2. The van der Waals surface area contributed by atoms with Crippen molar-refractivity contribution < 1.29 is 4.79 Å². The van der Waals surface area contributed by atoms with Crippen LogP contribution < -0.4 is 5.32 Å². The van der Waals surface area contributed by atoms with Gasteiger partial charge in [0.15, 0.2) is 0 Å². The summed E-state index contributed by atoms with van der Waals surface area (Å²) in [6, 6.07) is 7.07. The van der Waals surface area contributed by atoms with Crippen molar-refractivity contribution in [1.29, 1.82) is 0 Å². The summed E-state index contributed by atoms with van der Waals surface area (Å²) in [7, 11) is 3.75. The van der Waals surface area contributed by atoms with E-state index in [9.17, 15) is 4.79 Å². The molecule has 4 nitrogen and oxygen atoms in total. The van der Waals surface area contributed by atoms with Crippen molar-refractivity contribution in [3.05, 3.63) is 76.3 Å². The number of benzene rings is 1. The van der Waals surface area contributed by atoms with Gasteiger partial charge in [0.05, 0.1) is 0 Å². The van der Waals surface area contributed by atoms with E-state index in [-0.39, 0.29) is 5.91 Å². The van der Waals surface area contributed by atoms with E-state index in [1.165, 1.54) is 39.2 Å². The molecule has 1 fully saturated rings. The molecule has 4 heteroatoms. The first kappa shape index (κ1) is 29.6. The van der Waals surface area contributed by atoms with Crippen molar-refractivity contribution in [3.8, 4) is 0 Å². The van der Waals surface area contributed by atoms with Gasteiger partial charge >= 0.3 is 0 Å². The molecule has 0 spiro atoms. The van der Waals surface area contributed by atoms with Crippen LogP contribution in [0.25, 0.3) is 5.57 Å². The number of hydrogen-bond acceptors (Lipinski definition) is 3. The molecule has 0 radical (unpaired) electrons. The van der Waals surface area contributed by atoms with Crippen molar-refractivity contribution in [3.63, 3.8) is 0 Å². The largest absolute Gasteiger partial charge is 0.340 e. The zero-order valence-electron chi connectivity index (χ0n) is 24.4. The maximum atomic E-state index is 12.1. The van der Waals surface area contributed by atoms with E-state index < -0.39 is 0 Å². The third-order valence-electron chi connectivity index (χ3n) is 7.30. The van der Waals surface area contributed by atoms with Crippen LogP contribution in [0.15, 0.2) is 59.6 Å². The zero-order valence-corrected chi connectivity index (χ0v) is 24.4. The Labute approximate surface area is 220 Å². The predicted molar refractivity (Wildman–Crippen MR) is 155 cm³/mol. The SMILES string of the molecule is CCC(C)/C=C1\C=C(C)C=CN1/C(CC1CC(C)N(C(C)=O)C1)=C(\C)c1ccc(C)cc1C.CNC. The number of aryl methyl sites for hydroxylation is 2. The second kappa shape index (κ2) is 13.6. The van der Waals surface area contributed by atoms with Crippen LogP contribution >= 0.6 is 0 Å². The van der Waals surface area contributed by atoms with Gasteiger partial charge in [-0.05, 0) is 108 Å². The summed E-state index contributed by atoms with van der Waals surface area (Å²) in [5.41, 5.74) is 9.14. The quantitative estimate of drug-likeness (QED) is 0.456. The molecule has 2 aliphatic heterocycles. The molecular formula is C32H49N3O. The monoisotopic (exact) mass is 491 g/mol. The standard InChI is InChI=1S/C30H42N2O.C2H7N/c1-9-20(2)15-28-16-22(4)12-13-31(28)30(18-27-17-24(6)32(19-27)26(8)33)25(7)29-11-10-21(3)14-23(29)5;1-3-2/h10-16,20,24,27H,9,17-19H2,1-8H3;3H,1-2H3/b28-15+,30-25+;. The lowest BCUT2D eigenvalue weighted by Crippen LogP contribution is -2.31. The average Bonchev–Trinajstić information content (AvgIpc) is 3.18. The van der Waals surface area contributed by atoms with Crippen molar-refractivity contribution >= 4 is 11.5 Å². The summed E-state index contributed by atoms with van der Waals surface area (Å²) >= 11 is 0. The number of likely N-dealkylation sites (tertiary alicyclic amines) is 1. The van der Waals surface area contributed by atoms with E-state index >= 15 is 0 Å². The van der Waals surface area contributed by atoms with Crippen LogP contribution in [0.3, 0.4) is 0 Å². The van der Waals surface area contributed by atoms with Crippen molar-refractivity contribution in [2.24, 2.45) is 11.8 Å². The van der Waals surface area contributed by atoms with Gasteiger partial charge in [-0.1, -0.05) is 50.1 Å². The second-order valence-electron chi connectivity index (χ2n) is 10.8. The van der Waals surface area contributed by atoms with Crippen LogP contribution in [0.4, 0.5) is 0 Å². The fourth-order valence-corrected chi connectivity index (χ4v) is 5.24. The number of carbonyl (C=O) groups excluding carboxylic acids is 1. The van der Waals surface area contributed by atoms with Gasteiger partial charge in [-0.15, -0.1) is 0 Å². The van der Waals surface area contributed by atoms with Gasteiger partial charge in [0, 0.05) is 37.1 Å². The molecule has 0 saturated carbocycles. The summed E-state index contributed by atoms with van der Waals surface area (Å²) in [5.74, 6) is 1.17. The first-order valence-electron chi connectivity index (χ1n) is 13.5. The molecule has 3 unspecified atom stereocenters. The van der Waals surface area contributed by atoms with Crippen LogP contribution in [-0.4, -0.2) is 42.4 Å². The average molecular weight is 492 g/mol. The summed E-state index contributed by atoms with van der Waals surface area (Å²) in [5, 5.41) is 2.75. The lowest BCUT2D eigenvalue weighted by Gasteiger charge is -2.32. The summed E-state index contributed by atoms with van der Waals surface area (Å²) in [6.45, 7) is 18.1. The lowest BCUT2D eigenvalue weighted by molar-refractivity contribution is -0.129. The van der Waals surface area contributed by atoms with Gasteiger partial charge in [0.1, 0.15) is 0 Å². The highest BCUT2D eigenvalue weighted by Crippen LogP contribution is 2.37. The van der Waals surface area contributed by atoms with Gasteiger partial charge < -0.3 is 15.1 Å². The van der Waals surface area contributed by atoms with Crippen LogP contribution in [0, 0.1) is 25.7 Å². The maximum Gasteiger partial charge on any atom is 0.219 e. The molecule has 0 aromatic heterocycles. The number of hydrogen-bond donors (Lipinski definition) is 1. The fourth-order valence-electron chi connectivity index (χ4n) is 5.24. The first-order valence-corrected chi connectivity index (χ1v) is 13.5. The molecule has 1 aromatic rings. The van der Waals surface area contributed by atoms with E-state index in [2.05, 4.69) is 101 Å². The Morgan fingerprint density at radius 2 is 1.86 bits per heavy atom. The van der Waals surface area contributed by atoms with Gasteiger partial charge in [-0.25, -0.2) is 0 Å². The van der Waals surface area contributed by atoms with Crippen molar-refractivity contribution in [2.45, 2.75) is 80.7 Å². The number of rotatable bonds is 6. The molecule has 1 N–H and O–H groups in total. The number of nitrogens with one attached hydrogen (secondary N) is 1. The van der Waals surface area contributed by atoms with Gasteiger partial charge in [0.2, 0.25) is 5.91 Å². The van der Waals surface area contributed by atoms with Crippen LogP contribution in [0.5, 0.6) is 0 Å². The molecule has 198 valence electrons. The van der Waals surface area contributed by atoms with E-state index in [0.717, 1.165) is 25.8 Å². The molecule has 36 heavy (non-hydrogen) atoms. The number of amides is 1. The van der Waals surface area contributed by atoms with Crippen LogP contribution in [0.1, 0.15) is 77.5 Å². The Balaban J connectivity index is 0.00000145. The molecule has 2 aliphatic rings. The maximum absolute atomic E-state index is 12.1. The second-order valence-corrected chi connectivity index (χ2v) is 10.8. The first-order chi connectivity index (χ1) is 17.0. The van der Waals surface area contributed by atoms with E-state index in [0.29, 0.717) is 17.9 Å². The smallest absolute Gasteiger partial charge is 0.219 e. The van der Waals surface area contributed by atoms with E-state index in [1.807, 2.05) is 19.0 Å². The molecule has 3 atom stereocenters. The Morgan fingerprint density at radius 1 is 1.19 bits per heavy atom. The summed E-state index contributed by atoms with van der Waals surface area (Å²) < 4.78 is 0. The Morgan fingerprint density at radius 3 is 2.42 bits per heavy atom. The highest BCUT2D eigenvalue weighted by molar-refractivity contribution is 5.74.